The van der Waals surface area contributed by atoms with Crippen molar-refractivity contribution in [1.29, 1.82) is 0 Å². The van der Waals surface area contributed by atoms with Crippen LogP contribution in [0.15, 0.2) is 23.4 Å². The second-order valence-electron chi connectivity index (χ2n) is 2.18. The molecule has 1 atom stereocenters. The molecule has 13 heavy (non-hydrogen) atoms. The lowest BCUT2D eigenvalue weighted by atomic mass is 10.5. The predicted octanol–water partition coefficient (Wildman–Crippen LogP) is 3.41. The summed E-state index contributed by atoms with van der Waals surface area (Å²) in [5.41, 5.74) is 0.961. The van der Waals surface area contributed by atoms with Crippen molar-refractivity contribution in [3.8, 4) is 0 Å². The van der Waals surface area contributed by atoms with Gasteiger partial charge in [-0.2, -0.15) is 0 Å². The Labute approximate surface area is 89.3 Å². The van der Waals surface area contributed by atoms with E-state index in [1.165, 1.54) is 0 Å². The molecule has 0 saturated carbocycles. The first-order valence-electron chi connectivity index (χ1n) is 3.92. The molecule has 5 heteroatoms. The average molecular weight is 236 g/mol. The highest BCUT2D eigenvalue weighted by Crippen LogP contribution is 2.25. The van der Waals surface area contributed by atoms with Crippen LogP contribution >= 0.6 is 32.2 Å². The lowest BCUT2D eigenvalue weighted by Crippen LogP contribution is -1.80. The highest BCUT2D eigenvalue weighted by molar-refractivity contribution is 8.03. The van der Waals surface area contributed by atoms with Crippen molar-refractivity contribution >= 4 is 32.2 Å². The van der Waals surface area contributed by atoms with Gasteiger partial charge in [0.05, 0.1) is 10.0 Å². The van der Waals surface area contributed by atoms with E-state index in [1.807, 2.05) is 19.1 Å². The van der Waals surface area contributed by atoms with Crippen molar-refractivity contribution < 1.29 is 4.52 Å². The third kappa shape index (κ3) is 4.82. The van der Waals surface area contributed by atoms with Crippen LogP contribution in [0.3, 0.4) is 0 Å². The minimum absolute atomic E-state index is 0.545. The molecule has 0 aliphatic carbocycles. The number of pyridine rings is 1. The summed E-state index contributed by atoms with van der Waals surface area (Å²) in [6.07, 6.45) is 1.66. The van der Waals surface area contributed by atoms with E-state index in [4.69, 9.17) is 16.1 Å². The van der Waals surface area contributed by atoms with Crippen LogP contribution in [0.2, 0.25) is 5.02 Å². The van der Waals surface area contributed by atoms with E-state index in [2.05, 4.69) is 4.98 Å². The molecule has 2 nitrogen and oxygen atoms in total. The van der Waals surface area contributed by atoms with E-state index in [0.717, 1.165) is 17.1 Å². The van der Waals surface area contributed by atoms with Crippen LogP contribution in [0.25, 0.3) is 0 Å². The number of rotatable bonds is 5. The molecule has 0 fully saturated rings. The van der Waals surface area contributed by atoms with Crippen LogP contribution in [0.5, 0.6) is 0 Å². The SMILES string of the molecule is CCOPCSc1ccc(Cl)cn1. The molecule has 1 aromatic heterocycles. The first-order chi connectivity index (χ1) is 6.33. The Balaban J connectivity index is 2.25. The zero-order valence-electron chi connectivity index (χ0n) is 7.29. The van der Waals surface area contributed by atoms with Gasteiger partial charge in [-0.3, -0.25) is 0 Å². The van der Waals surface area contributed by atoms with Crippen LogP contribution in [0.4, 0.5) is 0 Å². The average Bonchev–Trinajstić information content (AvgIpc) is 2.15. The second-order valence-corrected chi connectivity index (χ2v) is 5.06. The molecule has 1 aromatic rings. The van der Waals surface area contributed by atoms with Crippen LogP contribution in [0.1, 0.15) is 6.92 Å². The fraction of sp³-hybridized carbons (Fsp3) is 0.375. The smallest absolute Gasteiger partial charge is 0.0965 e. The zero-order chi connectivity index (χ0) is 9.52. The van der Waals surface area contributed by atoms with E-state index < -0.39 is 0 Å². The molecule has 0 spiro atoms. The minimum Gasteiger partial charge on any atom is -0.362 e. The molecule has 1 rings (SSSR count). The van der Waals surface area contributed by atoms with Crippen molar-refractivity contribution in [3.63, 3.8) is 0 Å². The first kappa shape index (κ1) is 11.3. The van der Waals surface area contributed by atoms with Gasteiger partial charge < -0.3 is 4.52 Å². The van der Waals surface area contributed by atoms with Gasteiger partial charge in [0.15, 0.2) is 0 Å². The maximum atomic E-state index is 5.70. The maximum absolute atomic E-state index is 5.70. The zero-order valence-corrected chi connectivity index (χ0v) is 9.86. The first-order valence-corrected chi connectivity index (χ1v) is 6.40. The van der Waals surface area contributed by atoms with Gasteiger partial charge in [0.25, 0.3) is 0 Å². The van der Waals surface area contributed by atoms with Gasteiger partial charge in [-0.1, -0.05) is 23.4 Å². The summed E-state index contributed by atoms with van der Waals surface area (Å²) in [6.45, 7) is 2.78. The predicted molar refractivity (Wildman–Crippen MR) is 59.9 cm³/mol. The van der Waals surface area contributed by atoms with Crippen molar-refractivity contribution in [2.24, 2.45) is 0 Å². The molecule has 0 aromatic carbocycles. The minimum atomic E-state index is 0.545. The summed E-state index contributed by atoms with van der Waals surface area (Å²) in [5, 5.41) is 1.67. The molecule has 0 bridgehead atoms. The molecular weight excluding hydrogens is 225 g/mol. The van der Waals surface area contributed by atoms with Gasteiger partial charge in [-0.05, 0) is 19.1 Å². The summed E-state index contributed by atoms with van der Waals surface area (Å²) < 4.78 is 5.23. The van der Waals surface area contributed by atoms with Crippen molar-refractivity contribution in [3.05, 3.63) is 23.4 Å². The van der Waals surface area contributed by atoms with Crippen LogP contribution in [-0.2, 0) is 4.52 Å². The molecule has 0 aliphatic rings. The summed E-state index contributed by atoms with van der Waals surface area (Å²) in [7, 11) is 0.545. The van der Waals surface area contributed by atoms with Gasteiger partial charge in [0.2, 0.25) is 0 Å². The standard InChI is InChI=1S/C8H11ClNOPS/c1-2-11-12-6-13-8-4-3-7(9)5-10-8/h3-5,12H,2,6H2,1H3. The Hall–Kier alpha value is 0.180. The number of hydrogen-bond acceptors (Lipinski definition) is 3. The van der Waals surface area contributed by atoms with Crippen LogP contribution in [0, 0.1) is 0 Å². The number of aromatic nitrogens is 1. The quantitative estimate of drug-likeness (QED) is 0.444. The summed E-state index contributed by atoms with van der Waals surface area (Å²) in [5.74, 6) is 0. The number of hydrogen-bond donors (Lipinski definition) is 0. The molecule has 0 aliphatic heterocycles. The van der Waals surface area contributed by atoms with E-state index in [9.17, 15) is 0 Å². The Morgan fingerprint density at radius 3 is 3.08 bits per heavy atom. The molecule has 0 saturated heterocycles. The lowest BCUT2D eigenvalue weighted by molar-refractivity contribution is 0.391. The number of nitrogens with zero attached hydrogens (tertiary/aromatic N) is 1. The van der Waals surface area contributed by atoms with Crippen molar-refractivity contribution in [1.82, 2.24) is 4.98 Å². The summed E-state index contributed by atoms with van der Waals surface area (Å²) in [4.78, 5) is 4.16. The van der Waals surface area contributed by atoms with E-state index in [0.29, 0.717) is 13.8 Å². The van der Waals surface area contributed by atoms with Gasteiger partial charge >= 0.3 is 0 Å². The van der Waals surface area contributed by atoms with Gasteiger partial charge in [0.1, 0.15) is 0 Å². The van der Waals surface area contributed by atoms with Crippen LogP contribution in [-0.4, -0.2) is 17.1 Å². The van der Waals surface area contributed by atoms with Crippen molar-refractivity contribution in [2.75, 3.05) is 12.1 Å². The van der Waals surface area contributed by atoms with Crippen LogP contribution < -0.4 is 0 Å². The fourth-order valence-electron chi connectivity index (χ4n) is 0.695. The molecule has 0 radical (unpaired) electrons. The maximum Gasteiger partial charge on any atom is 0.0965 e. The number of halogens is 1. The Morgan fingerprint density at radius 1 is 1.62 bits per heavy atom. The fourth-order valence-corrected chi connectivity index (χ4v) is 2.46. The molecule has 0 N–H and O–H groups in total. The molecule has 1 unspecified atom stereocenters. The second kappa shape index (κ2) is 6.61. The molecule has 1 heterocycles. The Kier molecular flexibility index (Phi) is 5.72. The Morgan fingerprint density at radius 2 is 2.46 bits per heavy atom. The van der Waals surface area contributed by atoms with Gasteiger partial charge in [-0.25, -0.2) is 4.98 Å². The highest BCUT2D eigenvalue weighted by Gasteiger charge is 1.95. The topological polar surface area (TPSA) is 22.1 Å². The third-order valence-corrected chi connectivity index (χ3v) is 3.53. The van der Waals surface area contributed by atoms with Gasteiger partial charge in [0, 0.05) is 27.1 Å². The lowest BCUT2D eigenvalue weighted by Gasteiger charge is -2.00. The summed E-state index contributed by atoms with van der Waals surface area (Å²) in [6, 6.07) is 3.77. The van der Waals surface area contributed by atoms with Gasteiger partial charge in [-0.15, -0.1) is 0 Å². The highest BCUT2D eigenvalue weighted by atomic mass is 35.5. The molecule has 72 valence electrons. The van der Waals surface area contributed by atoms with E-state index in [-0.39, 0.29) is 0 Å². The van der Waals surface area contributed by atoms with E-state index in [1.54, 1.807) is 18.0 Å². The molecular formula is C8H11ClNOPS. The van der Waals surface area contributed by atoms with Crippen molar-refractivity contribution in [2.45, 2.75) is 11.9 Å². The summed E-state index contributed by atoms with van der Waals surface area (Å²) >= 11 is 7.39. The number of thioether (sulfide) groups is 1. The largest absolute Gasteiger partial charge is 0.362 e. The normalized spacial score (nSPS) is 11.2. The monoisotopic (exact) mass is 235 g/mol. The third-order valence-electron chi connectivity index (χ3n) is 1.23. The Bertz CT molecular complexity index is 244. The van der Waals surface area contributed by atoms with E-state index >= 15 is 0 Å². The molecule has 0 amide bonds.